The minimum absolute atomic E-state index is 0.104. The standard InChI is InChI=1S/C24H30FN7O/c25-19-13-17(5-6-20(19)31-11-9-26-10-12-31)29-23-28-15-16-14-24(7-8-27-22(24)33)32(21(16)30-23)18-3-1-2-4-18/h5-6,13,15,18,26H,1-4,7-12,14H2,(H,27,33)(H,28,29,30)/t24-/m0/s1. The van der Waals surface area contributed by atoms with E-state index < -0.39 is 5.54 Å². The van der Waals surface area contributed by atoms with Gasteiger partial charge in [-0.05, 0) is 37.5 Å². The Balaban J connectivity index is 1.28. The molecule has 8 nitrogen and oxygen atoms in total. The smallest absolute Gasteiger partial charge is 0.246 e. The summed E-state index contributed by atoms with van der Waals surface area (Å²) in [5.74, 6) is 1.14. The molecule has 1 saturated carbocycles. The van der Waals surface area contributed by atoms with Crippen LogP contribution in [0, 0.1) is 5.82 Å². The normalized spacial score (nSPS) is 25.1. The van der Waals surface area contributed by atoms with E-state index in [9.17, 15) is 9.18 Å². The highest BCUT2D eigenvalue weighted by Gasteiger charge is 2.55. The van der Waals surface area contributed by atoms with Gasteiger partial charge in [0.05, 0.1) is 5.69 Å². The largest absolute Gasteiger partial charge is 0.367 e. The first kappa shape index (κ1) is 20.7. The molecule has 174 valence electrons. The fourth-order valence-electron chi connectivity index (χ4n) is 6.01. The molecule has 9 heteroatoms. The number of aromatic nitrogens is 2. The van der Waals surface area contributed by atoms with Gasteiger partial charge in [0, 0.05) is 62.6 Å². The maximum atomic E-state index is 14.9. The number of nitrogens with zero attached hydrogens (tertiary/aromatic N) is 4. The van der Waals surface area contributed by atoms with Crippen LogP contribution >= 0.6 is 0 Å². The summed E-state index contributed by atoms with van der Waals surface area (Å²) in [7, 11) is 0. The molecule has 4 heterocycles. The van der Waals surface area contributed by atoms with Crippen LogP contribution in [0.1, 0.15) is 37.7 Å². The zero-order chi connectivity index (χ0) is 22.4. The van der Waals surface area contributed by atoms with E-state index in [4.69, 9.17) is 4.98 Å². The Hall–Kier alpha value is -2.94. The van der Waals surface area contributed by atoms with Crippen molar-refractivity contribution in [2.45, 2.75) is 50.1 Å². The molecule has 1 aromatic carbocycles. The average molecular weight is 452 g/mol. The van der Waals surface area contributed by atoms with Crippen LogP contribution in [0.5, 0.6) is 0 Å². The average Bonchev–Trinajstić information content (AvgIpc) is 3.54. The lowest BCUT2D eigenvalue weighted by molar-refractivity contribution is -0.123. The summed E-state index contributed by atoms with van der Waals surface area (Å²) >= 11 is 0. The molecule has 3 N–H and O–H groups in total. The molecule has 0 unspecified atom stereocenters. The number of amides is 1. The van der Waals surface area contributed by atoms with Crippen molar-refractivity contribution in [3.8, 4) is 0 Å². The van der Waals surface area contributed by atoms with E-state index >= 15 is 0 Å². The molecule has 1 amide bonds. The van der Waals surface area contributed by atoms with Gasteiger partial charge in [-0.15, -0.1) is 0 Å². The summed E-state index contributed by atoms with van der Waals surface area (Å²) in [6, 6.07) is 5.53. The SMILES string of the molecule is O=C1NCC[C@]12Cc1cnc(Nc3ccc(N4CCNCC4)c(F)c3)nc1N2C1CCCC1. The molecule has 1 atom stereocenters. The summed E-state index contributed by atoms with van der Waals surface area (Å²) in [5.41, 5.74) is 1.72. The van der Waals surface area contributed by atoms with Crippen LogP contribution in [-0.4, -0.2) is 60.2 Å². The predicted molar refractivity (Wildman–Crippen MR) is 126 cm³/mol. The minimum atomic E-state index is -0.540. The first-order valence-electron chi connectivity index (χ1n) is 12.1. The van der Waals surface area contributed by atoms with Crippen molar-refractivity contribution in [1.82, 2.24) is 20.6 Å². The minimum Gasteiger partial charge on any atom is -0.367 e. The number of hydrogen-bond donors (Lipinski definition) is 3. The van der Waals surface area contributed by atoms with Crippen molar-refractivity contribution in [2.24, 2.45) is 0 Å². The summed E-state index contributed by atoms with van der Waals surface area (Å²) in [5, 5.41) is 9.52. The second-order valence-corrected chi connectivity index (χ2v) is 9.59. The number of carbonyl (C=O) groups excluding carboxylic acids is 1. The van der Waals surface area contributed by atoms with E-state index in [0.29, 0.717) is 36.3 Å². The van der Waals surface area contributed by atoms with Crippen LogP contribution in [0.4, 0.5) is 27.5 Å². The van der Waals surface area contributed by atoms with Crippen molar-refractivity contribution < 1.29 is 9.18 Å². The molecule has 0 radical (unpaired) electrons. The molecule has 6 rings (SSSR count). The van der Waals surface area contributed by atoms with E-state index in [-0.39, 0.29) is 11.7 Å². The van der Waals surface area contributed by atoms with E-state index in [2.05, 4.69) is 30.7 Å². The molecule has 1 spiro atoms. The monoisotopic (exact) mass is 451 g/mol. The Bertz CT molecular complexity index is 1070. The molecule has 4 aliphatic rings. The molecule has 1 aliphatic carbocycles. The zero-order valence-electron chi connectivity index (χ0n) is 18.7. The lowest BCUT2D eigenvalue weighted by Gasteiger charge is -2.38. The van der Waals surface area contributed by atoms with Gasteiger partial charge in [0.2, 0.25) is 11.9 Å². The Labute approximate surface area is 193 Å². The van der Waals surface area contributed by atoms with Gasteiger partial charge >= 0.3 is 0 Å². The predicted octanol–water partition coefficient (Wildman–Crippen LogP) is 2.33. The quantitative estimate of drug-likeness (QED) is 0.658. The summed E-state index contributed by atoms with van der Waals surface area (Å²) in [4.78, 5) is 26.7. The van der Waals surface area contributed by atoms with Gasteiger partial charge in [0.1, 0.15) is 17.2 Å². The fraction of sp³-hybridized carbons (Fsp3) is 0.542. The second kappa shape index (κ2) is 8.13. The molecule has 2 aromatic rings. The second-order valence-electron chi connectivity index (χ2n) is 9.59. The fourth-order valence-corrected chi connectivity index (χ4v) is 6.01. The lowest BCUT2D eigenvalue weighted by Crippen LogP contribution is -2.56. The number of nitrogens with one attached hydrogen (secondary N) is 3. The zero-order valence-corrected chi connectivity index (χ0v) is 18.7. The molecule has 33 heavy (non-hydrogen) atoms. The van der Waals surface area contributed by atoms with Gasteiger partial charge in [-0.3, -0.25) is 4.79 Å². The first-order chi connectivity index (χ1) is 16.1. The van der Waals surface area contributed by atoms with Crippen LogP contribution in [-0.2, 0) is 11.2 Å². The molecule has 2 saturated heterocycles. The molecule has 1 aromatic heterocycles. The molecular weight excluding hydrogens is 421 g/mol. The van der Waals surface area contributed by atoms with Crippen LogP contribution in [0.15, 0.2) is 24.4 Å². The number of fused-ring (bicyclic) bond motifs is 1. The van der Waals surface area contributed by atoms with Crippen molar-refractivity contribution in [3.63, 3.8) is 0 Å². The molecular formula is C24H30FN7O. The van der Waals surface area contributed by atoms with E-state index in [0.717, 1.165) is 56.8 Å². The Morgan fingerprint density at radius 3 is 2.70 bits per heavy atom. The molecule has 0 bridgehead atoms. The highest BCUT2D eigenvalue weighted by Crippen LogP contribution is 2.46. The van der Waals surface area contributed by atoms with E-state index in [1.54, 1.807) is 0 Å². The van der Waals surface area contributed by atoms with Crippen molar-refractivity contribution >= 4 is 29.0 Å². The Morgan fingerprint density at radius 2 is 1.97 bits per heavy atom. The number of rotatable bonds is 4. The van der Waals surface area contributed by atoms with Crippen LogP contribution in [0.25, 0.3) is 0 Å². The number of halogens is 1. The van der Waals surface area contributed by atoms with Crippen molar-refractivity contribution in [2.75, 3.05) is 47.8 Å². The third-order valence-electron chi connectivity index (χ3n) is 7.61. The maximum absolute atomic E-state index is 14.9. The maximum Gasteiger partial charge on any atom is 0.246 e. The van der Waals surface area contributed by atoms with Gasteiger partial charge in [0.15, 0.2) is 0 Å². The number of carbonyl (C=O) groups is 1. The number of benzene rings is 1. The summed E-state index contributed by atoms with van der Waals surface area (Å²) in [6.45, 7) is 4.01. The summed E-state index contributed by atoms with van der Waals surface area (Å²) in [6.07, 6.45) is 7.81. The Kier molecular flexibility index (Phi) is 5.09. The highest BCUT2D eigenvalue weighted by atomic mass is 19.1. The summed E-state index contributed by atoms with van der Waals surface area (Å²) < 4.78 is 14.9. The van der Waals surface area contributed by atoms with Gasteiger partial charge in [-0.25, -0.2) is 9.37 Å². The highest BCUT2D eigenvalue weighted by molar-refractivity contribution is 5.94. The first-order valence-corrected chi connectivity index (χ1v) is 12.1. The molecule has 3 aliphatic heterocycles. The van der Waals surface area contributed by atoms with Crippen LogP contribution in [0.2, 0.25) is 0 Å². The third-order valence-corrected chi connectivity index (χ3v) is 7.61. The molecule has 3 fully saturated rings. The van der Waals surface area contributed by atoms with Gasteiger partial charge in [-0.1, -0.05) is 12.8 Å². The van der Waals surface area contributed by atoms with Gasteiger partial charge in [-0.2, -0.15) is 4.98 Å². The Morgan fingerprint density at radius 1 is 1.15 bits per heavy atom. The lowest BCUT2D eigenvalue weighted by atomic mass is 9.91. The topological polar surface area (TPSA) is 85.4 Å². The number of hydrogen-bond acceptors (Lipinski definition) is 7. The van der Waals surface area contributed by atoms with Gasteiger partial charge < -0.3 is 25.8 Å². The van der Waals surface area contributed by atoms with Crippen LogP contribution < -0.4 is 25.8 Å². The van der Waals surface area contributed by atoms with E-state index in [1.165, 1.54) is 18.9 Å². The number of anilines is 4. The van der Waals surface area contributed by atoms with Crippen molar-refractivity contribution in [1.29, 1.82) is 0 Å². The van der Waals surface area contributed by atoms with Gasteiger partial charge in [0.25, 0.3) is 0 Å². The third kappa shape index (κ3) is 3.49. The van der Waals surface area contributed by atoms with E-state index in [1.807, 2.05) is 18.3 Å². The van der Waals surface area contributed by atoms with Crippen molar-refractivity contribution in [3.05, 3.63) is 35.8 Å². The van der Waals surface area contributed by atoms with Crippen LogP contribution in [0.3, 0.4) is 0 Å². The number of piperazine rings is 1.